The first-order valence-electron chi connectivity index (χ1n) is 6.07. The average Bonchev–Trinajstić information content (AvgIpc) is 2.42. The van der Waals surface area contributed by atoms with Gasteiger partial charge in [0.1, 0.15) is 5.82 Å². The normalized spacial score (nSPS) is 11.9. The van der Waals surface area contributed by atoms with E-state index in [2.05, 4.69) is 10.6 Å². The van der Waals surface area contributed by atoms with Gasteiger partial charge in [-0.2, -0.15) is 11.8 Å². The number of rotatable bonds is 7. The van der Waals surface area contributed by atoms with Gasteiger partial charge < -0.3 is 15.7 Å². The third kappa shape index (κ3) is 6.45. The summed E-state index contributed by atoms with van der Waals surface area (Å²) in [6, 6.07) is 5.25. The van der Waals surface area contributed by atoms with Crippen molar-refractivity contribution >= 4 is 17.8 Å². The maximum Gasteiger partial charge on any atom is 0.314 e. The lowest BCUT2D eigenvalue weighted by Crippen LogP contribution is -2.38. The first-order valence-corrected chi connectivity index (χ1v) is 7.47. The molecule has 4 nitrogen and oxygen atoms in total. The number of nitrogens with one attached hydrogen (secondary N) is 2. The number of carbonyl (C=O) groups is 1. The number of carbonyl (C=O) groups excluding carboxylic acids is 1. The van der Waals surface area contributed by atoms with Gasteiger partial charge >= 0.3 is 6.03 Å². The smallest absolute Gasteiger partial charge is 0.314 e. The Morgan fingerprint density at radius 3 is 2.68 bits per heavy atom. The second-order valence-corrected chi connectivity index (χ2v) is 5.04. The molecule has 0 aliphatic rings. The summed E-state index contributed by atoms with van der Waals surface area (Å²) >= 11 is 1.73. The molecule has 0 heterocycles. The van der Waals surface area contributed by atoms with Crippen LogP contribution in [0.15, 0.2) is 24.3 Å². The van der Waals surface area contributed by atoms with Crippen LogP contribution in [-0.2, 0) is 0 Å². The summed E-state index contributed by atoms with van der Waals surface area (Å²) in [4.78, 5) is 11.4. The SMILES string of the molecule is CSCCCNC(=O)NCC(O)c1ccc(F)cc1. The topological polar surface area (TPSA) is 61.4 Å². The van der Waals surface area contributed by atoms with Crippen LogP contribution in [0.3, 0.4) is 0 Å². The van der Waals surface area contributed by atoms with Crippen molar-refractivity contribution in [2.24, 2.45) is 0 Å². The van der Waals surface area contributed by atoms with E-state index >= 15 is 0 Å². The predicted molar refractivity (Wildman–Crippen MR) is 75.8 cm³/mol. The summed E-state index contributed by atoms with van der Waals surface area (Å²) in [7, 11) is 0. The van der Waals surface area contributed by atoms with E-state index in [-0.39, 0.29) is 18.4 Å². The van der Waals surface area contributed by atoms with E-state index < -0.39 is 6.10 Å². The molecule has 6 heteroatoms. The number of aliphatic hydroxyl groups is 1. The van der Waals surface area contributed by atoms with Gasteiger partial charge in [-0.25, -0.2) is 9.18 Å². The van der Waals surface area contributed by atoms with Crippen molar-refractivity contribution in [3.63, 3.8) is 0 Å². The van der Waals surface area contributed by atoms with Crippen molar-refractivity contribution in [1.82, 2.24) is 10.6 Å². The van der Waals surface area contributed by atoms with E-state index in [9.17, 15) is 14.3 Å². The second-order valence-electron chi connectivity index (χ2n) is 4.05. The zero-order valence-electron chi connectivity index (χ0n) is 10.9. The molecule has 19 heavy (non-hydrogen) atoms. The van der Waals surface area contributed by atoms with Crippen LogP contribution in [0.25, 0.3) is 0 Å². The van der Waals surface area contributed by atoms with Gasteiger partial charge in [-0.3, -0.25) is 0 Å². The number of amides is 2. The highest BCUT2D eigenvalue weighted by Gasteiger charge is 2.09. The molecule has 1 aromatic rings. The fourth-order valence-electron chi connectivity index (χ4n) is 1.47. The Kier molecular flexibility index (Phi) is 7.28. The highest BCUT2D eigenvalue weighted by molar-refractivity contribution is 7.98. The van der Waals surface area contributed by atoms with E-state index in [0.717, 1.165) is 12.2 Å². The maximum absolute atomic E-state index is 12.7. The molecule has 3 N–H and O–H groups in total. The number of urea groups is 1. The lowest BCUT2D eigenvalue weighted by molar-refractivity contribution is 0.173. The van der Waals surface area contributed by atoms with Crippen LogP contribution in [0.2, 0.25) is 0 Å². The minimum absolute atomic E-state index is 0.0972. The molecule has 1 atom stereocenters. The van der Waals surface area contributed by atoms with Crippen LogP contribution >= 0.6 is 11.8 Å². The summed E-state index contributed by atoms with van der Waals surface area (Å²) in [6.07, 6.45) is 2.09. The Morgan fingerprint density at radius 1 is 1.37 bits per heavy atom. The number of benzene rings is 1. The van der Waals surface area contributed by atoms with Crippen molar-refractivity contribution in [2.45, 2.75) is 12.5 Å². The summed E-state index contributed by atoms with van der Waals surface area (Å²) in [5, 5.41) is 15.1. The molecule has 106 valence electrons. The molecular weight excluding hydrogens is 267 g/mol. The van der Waals surface area contributed by atoms with Crippen molar-refractivity contribution in [3.8, 4) is 0 Å². The summed E-state index contributed by atoms with van der Waals surface area (Å²) in [5.74, 6) is 0.647. The predicted octanol–water partition coefficient (Wildman–Crippen LogP) is 1.91. The molecule has 1 unspecified atom stereocenters. The van der Waals surface area contributed by atoms with Crippen molar-refractivity contribution in [2.75, 3.05) is 25.1 Å². The van der Waals surface area contributed by atoms with Crippen LogP contribution in [-0.4, -0.2) is 36.2 Å². The minimum atomic E-state index is -0.836. The number of thioether (sulfide) groups is 1. The van der Waals surface area contributed by atoms with Gasteiger partial charge in [0.25, 0.3) is 0 Å². The Bertz CT molecular complexity index is 387. The van der Waals surface area contributed by atoms with Gasteiger partial charge in [0.15, 0.2) is 0 Å². The van der Waals surface area contributed by atoms with E-state index in [1.54, 1.807) is 11.8 Å². The van der Waals surface area contributed by atoms with Gasteiger partial charge in [-0.15, -0.1) is 0 Å². The Balaban J connectivity index is 2.24. The summed E-state index contributed by atoms with van der Waals surface area (Å²) < 4.78 is 12.7. The quantitative estimate of drug-likeness (QED) is 0.671. The molecule has 0 bridgehead atoms. The Morgan fingerprint density at radius 2 is 2.05 bits per heavy atom. The molecule has 0 aliphatic heterocycles. The molecule has 0 aliphatic carbocycles. The van der Waals surface area contributed by atoms with Gasteiger partial charge in [0.2, 0.25) is 0 Å². The summed E-state index contributed by atoms with van der Waals surface area (Å²) in [6.45, 7) is 0.708. The van der Waals surface area contributed by atoms with Crippen molar-refractivity contribution in [3.05, 3.63) is 35.6 Å². The van der Waals surface area contributed by atoms with Crippen LogP contribution in [0.5, 0.6) is 0 Å². The molecular formula is C13H19FN2O2S. The first kappa shape index (κ1) is 15.8. The van der Waals surface area contributed by atoms with E-state index in [0.29, 0.717) is 12.1 Å². The monoisotopic (exact) mass is 286 g/mol. The molecule has 0 spiro atoms. The molecule has 0 saturated carbocycles. The van der Waals surface area contributed by atoms with Crippen LogP contribution in [0.4, 0.5) is 9.18 Å². The third-order valence-electron chi connectivity index (χ3n) is 2.52. The maximum atomic E-state index is 12.7. The molecule has 0 aromatic heterocycles. The minimum Gasteiger partial charge on any atom is -0.387 e. The van der Waals surface area contributed by atoms with Crippen LogP contribution in [0.1, 0.15) is 18.1 Å². The van der Waals surface area contributed by atoms with E-state index in [4.69, 9.17) is 0 Å². The Labute approximate surface area is 116 Å². The molecule has 0 radical (unpaired) electrons. The second kappa shape index (κ2) is 8.77. The van der Waals surface area contributed by atoms with Crippen LogP contribution < -0.4 is 10.6 Å². The molecule has 0 saturated heterocycles. The highest BCUT2D eigenvalue weighted by Crippen LogP contribution is 2.12. The van der Waals surface area contributed by atoms with Gasteiger partial charge in [0.05, 0.1) is 6.10 Å². The molecule has 0 fully saturated rings. The highest BCUT2D eigenvalue weighted by atomic mass is 32.2. The van der Waals surface area contributed by atoms with Gasteiger partial charge in [-0.1, -0.05) is 12.1 Å². The summed E-state index contributed by atoms with van der Waals surface area (Å²) in [5.41, 5.74) is 0.573. The fourth-order valence-corrected chi connectivity index (χ4v) is 1.91. The lowest BCUT2D eigenvalue weighted by Gasteiger charge is -2.12. The largest absolute Gasteiger partial charge is 0.387 e. The lowest BCUT2D eigenvalue weighted by atomic mass is 10.1. The van der Waals surface area contributed by atoms with E-state index in [1.165, 1.54) is 24.3 Å². The molecule has 2 amide bonds. The van der Waals surface area contributed by atoms with Crippen molar-refractivity contribution in [1.29, 1.82) is 0 Å². The van der Waals surface area contributed by atoms with Gasteiger partial charge in [0, 0.05) is 13.1 Å². The molecule has 1 rings (SSSR count). The standard InChI is InChI=1S/C13H19FN2O2S/c1-19-8-2-7-15-13(18)16-9-12(17)10-3-5-11(14)6-4-10/h3-6,12,17H,2,7-9H2,1H3,(H2,15,16,18). The zero-order chi connectivity index (χ0) is 14.1. The van der Waals surface area contributed by atoms with E-state index in [1.807, 2.05) is 6.26 Å². The van der Waals surface area contributed by atoms with Crippen molar-refractivity contribution < 1.29 is 14.3 Å². The Hall–Kier alpha value is -1.27. The van der Waals surface area contributed by atoms with Gasteiger partial charge in [-0.05, 0) is 36.1 Å². The first-order chi connectivity index (χ1) is 9.13. The fraction of sp³-hybridized carbons (Fsp3) is 0.462. The van der Waals surface area contributed by atoms with Crippen LogP contribution in [0, 0.1) is 5.82 Å². The average molecular weight is 286 g/mol. The third-order valence-corrected chi connectivity index (χ3v) is 3.22. The number of hydrogen-bond donors (Lipinski definition) is 3. The number of hydrogen-bond acceptors (Lipinski definition) is 3. The molecule has 1 aromatic carbocycles. The number of halogens is 1. The zero-order valence-corrected chi connectivity index (χ0v) is 11.7. The number of aliphatic hydroxyl groups excluding tert-OH is 1.